The number of aromatic carboxylic acids is 1. The number of carbonyl (C=O) groups excluding carboxylic acids is 1. The molecule has 0 heterocycles. The SMILES string of the molecule is COc1ccc(/C=N\NC(=O)COc2ccc(C)c(C)c2)c(C(=O)O)c1OC. The highest BCUT2D eigenvalue weighted by Gasteiger charge is 2.20. The smallest absolute Gasteiger partial charge is 0.340 e. The van der Waals surface area contributed by atoms with Crippen LogP contribution in [0.25, 0.3) is 0 Å². The molecule has 2 N–H and O–H groups in total. The lowest BCUT2D eigenvalue weighted by Gasteiger charge is -2.12. The molecule has 0 aliphatic heterocycles. The third kappa shape index (κ3) is 5.00. The lowest BCUT2D eigenvalue weighted by atomic mass is 10.1. The molecule has 0 radical (unpaired) electrons. The molecule has 1 amide bonds. The van der Waals surface area contributed by atoms with Gasteiger partial charge < -0.3 is 19.3 Å². The zero-order valence-electron chi connectivity index (χ0n) is 16.1. The van der Waals surface area contributed by atoms with Crippen molar-refractivity contribution in [1.82, 2.24) is 5.43 Å². The predicted octanol–water partition coefficient (Wildman–Crippen LogP) is 2.55. The normalized spacial score (nSPS) is 10.6. The van der Waals surface area contributed by atoms with Crippen LogP contribution in [0.4, 0.5) is 0 Å². The first-order chi connectivity index (χ1) is 13.4. The van der Waals surface area contributed by atoms with E-state index in [0.29, 0.717) is 5.75 Å². The van der Waals surface area contributed by atoms with Gasteiger partial charge in [-0.2, -0.15) is 5.10 Å². The van der Waals surface area contributed by atoms with Gasteiger partial charge in [-0.05, 0) is 49.2 Å². The van der Waals surface area contributed by atoms with Gasteiger partial charge in [0.1, 0.15) is 11.3 Å². The number of rotatable bonds is 8. The van der Waals surface area contributed by atoms with E-state index in [1.807, 2.05) is 26.0 Å². The molecular formula is C20H22N2O6. The zero-order chi connectivity index (χ0) is 20.7. The fourth-order valence-electron chi connectivity index (χ4n) is 2.43. The summed E-state index contributed by atoms with van der Waals surface area (Å²) in [6.45, 7) is 3.72. The van der Waals surface area contributed by atoms with Gasteiger partial charge in [0.15, 0.2) is 18.1 Å². The van der Waals surface area contributed by atoms with Crippen molar-refractivity contribution in [2.45, 2.75) is 13.8 Å². The Labute approximate surface area is 162 Å². The Hall–Kier alpha value is -3.55. The van der Waals surface area contributed by atoms with Crippen LogP contribution in [0, 0.1) is 13.8 Å². The molecule has 0 saturated heterocycles. The Kier molecular flexibility index (Phi) is 6.97. The van der Waals surface area contributed by atoms with Crippen molar-refractivity contribution >= 4 is 18.1 Å². The van der Waals surface area contributed by atoms with E-state index in [2.05, 4.69) is 10.5 Å². The Morgan fingerprint density at radius 3 is 2.46 bits per heavy atom. The van der Waals surface area contributed by atoms with E-state index >= 15 is 0 Å². The van der Waals surface area contributed by atoms with Crippen LogP contribution >= 0.6 is 0 Å². The summed E-state index contributed by atoms with van der Waals surface area (Å²) >= 11 is 0. The number of carboxylic acid groups (broad SMARTS) is 1. The summed E-state index contributed by atoms with van der Waals surface area (Å²) in [6, 6.07) is 8.59. The van der Waals surface area contributed by atoms with E-state index in [-0.39, 0.29) is 29.2 Å². The molecule has 0 unspecified atom stereocenters. The molecular weight excluding hydrogens is 364 g/mol. The van der Waals surface area contributed by atoms with Gasteiger partial charge in [-0.25, -0.2) is 10.2 Å². The number of nitrogens with one attached hydrogen (secondary N) is 1. The highest BCUT2D eigenvalue weighted by Crippen LogP contribution is 2.32. The lowest BCUT2D eigenvalue weighted by Crippen LogP contribution is -2.24. The maximum absolute atomic E-state index is 11.9. The predicted molar refractivity (Wildman–Crippen MR) is 104 cm³/mol. The number of benzene rings is 2. The molecule has 0 aliphatic carbocycles. The maximum atomic E-state index is 11.9. The van der Waals surface area contributed by atoms with Gasteiger partial charge in [0.05, 0.1) is 20.4 Å². The van der Waals surface area contributed by atoms with Gasteiger partial charge in [0.2, 0.25) is 0 Å². The summed E-state index contributed by atoms with van der Waals surface area (Å²) in [5.74, 6) is -0.755. The second kappa shape index (κ2) is 9.40. The first-order valence-electron chi connectivity index (χ1n) is 8.37. The topological polar surface area (TPSA) is 106 Å². The van der Waals surface area contributed by atoms with Crippen molar-refractivity contribution < 1.29 is 28.9 Å². The van der Waals surface area contributed by atoms with Crippen molar-refractivity contribution in [3.05, 3.63) is 52.6 Å². The second-order valence-electron chi connectivity index (χ2n) is 5.90. The van der Waals surface area contributed by atoms with Crippen LogP contribution in [-0.2, 0) is 4.79 Å². The van der Waals surface area contributed by atoms with E-state index in [1.165, 1.54) is 26.5 Å². The number of methoxy groups -OCH3 is 2. The Bertz CT molecular complexity index is 908. The van der Waals surface area contributed by atoms with Crippen molar-refractivity contribution in [3.8, 4) is 17.2 Å². The van der Waals surface area contributed by atoms with Crippen molar-refractivity contribution in [2.24, 2.45) is 5.10 Å². The molecule has 2 rings (SSSR count). The van der Waals surface area contributed by atoms with Crippen LogP contribution in [0.15, 0.2) is 35.4 Å². The Balaban J connectivity index is 2.04. The molecule has 2 aromatic rings. The minimum Gasteiger partial charge on any atom is -0.493 e. The van der Waals surface area contributed by atoms with Gasteiger partial charge in [0, 0.05) is 5.56 Å². The monoisotopic (exact) mass is 386 g/mol. The maximum Gasteiger partial charge on any atom is 0.340 e. The summed E-state index contributed by atoms with van der Waals surface area (Å²) in [4.78, 5) is 23.5. The summed E-state index contributed by atoms with van der Waals surface area (Å²) in [6.07, 6.45) is 1.22. The summed E-state index contributed by atoms with van der Waals surface area (Å²) in [5, 5.41) is 13.2. The molecule has 0 fully saturated rings. The van der Waals surface area contributed by atoms with Gasteiger partial charge in [-0.3, -0.25) is 4.79 Å². The molecule has 0 saturated carbocycles. The third-order valence-electron chi connectivity index (χ3n) is 4.03. The lowest BCUT2D eigenvalue weighted by molar-refractivity contribution is -0.123. The summed E-state index contributed by atoms with van der Waals surface area (Å²) in [7, 11) is 2.75. The zero-order valence-corrected chi connectivity index (χ0v) is 16.1. The Morgan fingerprint density at radius 2 is 1.86 bits per heavy atom. The molecule has 8 heteroatoms. The number of aryl methyl sites for hydroxylation is 2. The quantitative estimate of drug-likeness (QED) is 0.533. The largest absolute Gasteiger partial charge is 0.493 e. The number of hydrazone groups is 1. The number of hydrogen-bond acceptors (Lipinski definition) is 6. The fourth-order valence-corrected chi connectivity index (χ4v) is 2.43. The first-order valence-corrected chi connectivity index (χ1v) is 8.37. The van der Waals surface area contributed by atoms with E-state index in [9.17, 15) is 14.7 Å². The highest BCUT2D eigenvalue weighted by atomic mass is 16.5. The van der Waals surface area contributed by atoms with E-state index in [4.69, 9.17) is 14.2 Å². The molecule has 8 nitrogen and oxygen atoms in total. The number of ether oxygens (including phenoxy) is 3. The van der Waals surface area contributed by atoms with Crippen molar-refractivity contribution in [3.63, 3.8) is 0 Å². The van der Waals surface area contributed by atoms with Gasteiger partial charge >= 0.3 is 5.97 Å². The first kappa shape index (κ1) is 20.8. The molecule has 0 bridgehead atoms. The van der Waals surface area contributed by atoms with E-state index in [0.717, 1.165) is 11.1 Å². The average Bonchev–Trinajstić information content (AvgIpc) is 2.68. The number of nitrogens with zero attached hydrogens (tertiary/aromatic N) is 1. The Morgan fingerprint density at radius 1 is 1.11 bits per heavy atom. The van der Waals surface area contributed by atoms with E-state index in [1.54, 1.807) is 12.1 Å². The molecule has 28 heavy (non-hydrogen) atoms. The molecule has 2 aromatic carbocycles. The average molecular weight is 386 g/mol. The standard InChI is InChI=1S/C20H22N2O6/c1-12-5-7-15(9-13(12)2)28-11-17(23)22-21-10-14-6-8-16(26-3)19(27-4)18(14)20(24)25/h5-10H,11H2,1-4H3,(H,22,23)(H,24,25)/b21-10-. The van der Waals surface area contributed by atoms with Crippen molar-refractivity contribution in [1.29, 1.82) is 0 Å². The van der Waals surface area contributed by atoms with Crippen LogP contribution in [0.3, 0.4) is 0 Å². The minimum absolute atomic E-state index is 0.0725. The van der Waals surface area contributed by atoms with Crippen LogP contribution in [-0.4, -0.2) is 44.0 Å². The second-order valence-corrected chi connectivity index (χ2v) is 5.90. The van der Waals surface area contributed by atoms with Gasteiger partial charge in [-0.1, -0.05) is 6.07 Å². The molecule has 0 spiro atoms. The molecule has 148 valence electrons. The van der Waals surface area contributed by atoms with Gasteiger partial charge in [-0.15, -0.1) is 0 Å². The number of carbonyl (C=O) groups is 2. The number of hydrogen-bond donors (Lipinski definition) is 2. The minimum atomic E-state index is -1.21. The summed E-state index contributed by atoms with van der Waals surface area (Å²) < 4.78 is 15.6. The third-order valence-corrected chi connectivity index (χ3v) is 4.03. The van der Waals surface area contributed by atoms with Crippen LogP contribution in [0.2, 0.25) is 0 Å². The molecule has 0 aromatic heterocycles. The molecule has 0 atom stereocenters. The number of amides is 1. The van der Waals surface area contributed by atoms with Gasteiger partial charge in [0.25, 0.3) is 5.91 Å². The van der Waals surface area contributed by atoms with Crippen LogP contribution in [0.1, 0.15) is 27.0 Å². The van der Waals surface area contributed by atoms with E-state index < -0.39 is 11.9 Å². The fraction of sp³-hybridized carbons (Fsp3) is 0.250. The number of carboxylic acids is 1. The van der Waals surface area contributed by atoms with Crippen molar-refractivity contribution in [2.75, 3.05) is 20.8 Å². The molecule has 0 aliphatic rings. The summed E-state index contributed by atoms with van der Waals surface area (Å²) in [5.41, 5.74) is 4.62. The highest BCUT2D eigenvalue weighted by molar-refractivity contribution is 6.02. The van der Waals surface area contributed by atoms with Crippen LogP contribution in [0.5, 0.6) is 17.2 Å². The van der Waals surface area contributed by atoms with Crippen LogP contribution < -0.4 is 19.6 Å².